The van der Waals surface area contributed by atoms with Crippen LogP contribution in [-0.4, -0.2) is 29.6 Å². The Kier molecular flexibility index (Phi) is 5.01. The largest absolute Gasteiger partial charge is 0.490 e. The summed E-state index contributed by atoms with van der Waals surface area (Å²) in [5.41, 5.74) is 1.28. The molecule has 1 atom stereocenters. The summed E-state index contributed by atoms with van der Waals surface area (Å²) in [6.07, 6.45) is 5.97. The van der Waals surface area contributed by atoms with Gasteiger partial charge < -0.3 is 4.74 Å². The van der Waals surface area contributed by atoms with Crippen LogP contribution in [0.3, 0.4) is 0 Å². The van der Waals surface area contributed by atoms with Crippen LogP contribution in [0.2, 0.25) is 0 Å². The van der Waals surface area contributed by atoms with Gasteiger partial charge in [-0.2, -0.15) is 0 Å². The van der Waals surface area contributed by atoms with Crippen LogP contribution in [0, 0.1) is 11.7 Å². The average Bonchev–Trinajstić information content (AvgIpc) is 2.55. The zero-order chi connectivity index (χ0) is 15.2. The topological polar surface area (TPSA) is 25.4 Å². The van der Waals surface area contributed by atoms with Crippen LogP contribution in [0.25, 0.3) is 0 Å². The molecule has 1 aliphatic heterocycles. The molecule has 1 aromatic carbocycles. The Balaban J connectivity index is 1.51. The Hall–Kier alpha value is -1.94. The van der Waals surface area contributed by atoms with Gasteiger partial charge in [0.2, 0.25) is 0 Å². The maximum absolute atomic E-state index is 13.6. The number of hydrogen-bond donors (Lipinski definition) is 0. The van der Waals surface area contributed by atoms with Crippen molar-refractivity contribution in [2.75, 3.05) is 19.7 Å². The second kappa shape index (κ2) is 7.36. The van der Waals surface area contributed by atoms with Crippen molar-refractivity contribution < 1.29 is 9.13 Å². The lowest BCUT2D eigenvalue weighted by molar-refractivity contribution is 0.123. The van der Waals surface area contributed by atoms with Crippen molar-refractivity contribution in [3.05, 3.63) is 60.2 Å². The average molecular weight is 300 g/mol. The van der Waals surface area contributed by atoms with Gasteiger partial charge in [-0.3, -0.25) is 9.88 Å². The Morgan fingerprint density at radius 1 is 1.18 bits per heavy atom. The van der Waals surface area contributed by atoms with Gasteiger partial charge in [0, 0.05) is 31.4 Å². The van der Waals surface area contributed by atoms with Crippen molar-refractivity contribution in [3.8, 4) is 5.75 Å². The minimum atomic E-state index is -0.285. The molecule has 0 saturated carbocycles. The fraction of sp³-hybridized carbons (Fsp3) is 0.389. The Morgan fingerprint density at radius 2 is 2.00 bits per heavy atom. The number of aromatic nitrogens is 1. The van der Waals surface area contributed by atoms with E-state index in [-0.39, 0.29) is 5.82 Å². The number of para-hydroxylation sites is 1. The van der Waals surface area contributed by atoms with E-state index < -0.39 is 0 Å². The molecule has 1 aromatic heterocycles. The summed E-state index contributed by atoms with van der Waals surface area (Å²) in [5.74, 6) is 0.524. The van der Waals surface area contributed by atoms with Crippen molar-refractivity contribution in [2.24, 2.45) is 5.92 Å². The Labute approximate surface area is 130 Å². The van der Waals surface area contributed by atoms with Gasteiger partial charge in [-0.1, -0.05) is 12.1 Å². The van der Waals surface area contributed by atoms with Gasteiger partial charge in [0.15, 0.2) is 11.6 Å². The van der Waals surface area contributed by atoms with E-state index in [4.69, 9.17) is 4.74 Å². The standard InChI is InChI=1S/C18H21FN2O/c19-17-5-1-2-6-18(17)22-14-16-4-3-11-21(13-16)12-15-7-9-20-10-8-15/h1-2,5-10,16H,3-4,11-14H2/t16-/m1/s1. The molecule has 0 aliphatic carbocycles. The number of likely N-dealkylation sites (tertiary alicyclic amines) is 1. The first kappa shape index (κ1) is 15.0. The Morgan fingerprint density at radius 3 is 2.82 bits per heavy atom. The van der Waals surface area contributed by atoms with Crippen LogP contribution in [0.5, 0.6) is 5.75 Å². The maximum Gasteiger partial charge on any atom is 0.165 e. The molecular weight excluding hydrogens is 279 g/mol. The molecule has 0 radical (unpaired) electrons. The number of nitrogens with zero attached hydrogens (tertiary/aromatic N) is 2. The first-order valence-corrected chi connectivity index (χ1v) is 7.80. The molecule has 2 aromatic rings. The monoisotopic (exact) mass is 300 g/mol. The summed E-state index contributed by atoms with van der Waals surface area (Å²) in [5, 5.41) is 0. The zero-order valence-corrected chi connectivity index (χ0v) is 12.6. The molecule has 2 heterocycles. The van der Waals surface area contributed by atoms with Crippen molar-refractivity contribution in [3.63, 3.8) is 0 Å². The van der Waals surface area contributed by atoms with Crippen molar-refractivity contribution >= 4 is 0 Å². The number of benzene rings is 1. The van der Waals surface area contributed by atoms with Gasteiger partial charge in [0.25, 0.3) is 0 Å². The molecule has 0 unspecified atom stereocenters. The van der Waals surface area contributed by atoms with Crippen molar-refractivity contribution in [1.29, 1.82) is 0 Å². The molecule has 0 spiro atoms. The fourth-order valence-corrected chi connectivity index (χ4v) is 2.95. The first-order valence-electron chi connectivity index (χ1n) is 7.80. The molecule has 1 aliphatic rings. The predicted octanol–water partition coefficient (Wildman–Crippen LogP) is 3.51. The smallest absolute Gasteiger partial charge is 0.165 e. The van der Waals surface area contributed by atoms with E-state index in [2.05, 4.69) is 22.0 Å². The number of piperidine rings is 1. The SMILES string of the molecule is Fc1ccccc1OC[C@@H]1CCCN(Cc2ccncc2)C1. The lowest BCUT2D eigenvalue weighted by Gasteiger charge is -2.32. The highest BCUT2D eigenvalue weighted by Gasteiger charge is 2.20. The van der Waals surface area contributed by atoms with E-state index in [9.17, 15) is 4.39 Å². The molecule has 0 N–H and O–H groups in total. The van der Waals surface area contributed by atoms with Gasteiger partial charge in [0.1, 0.15) is 0 Å². The molecule has 0 bridgehead atoms. The number of halogens is 1. The predicted molar refractivity (Wildman–Crippen MR) is 84.1 cm³/mol. The van der Waals surface area contributed by atoms with E-state index in [0.29, 0.717) is 18.3 Å². The highest BCUT2D eigenvalue weighted by molar-refractivity contribution is 5.23. The van der Waals surface area contributed by atoms with E-state index in [0.717, 1.165) is 32.5 Å². The third kappa shape index (κ3) is 4.04. The van der Waals surface area contributed by atoms with Crippen LogP contribution in [0.15, 0.2) is 48.8 Å². The van der Waals surface area contributed by atoms with E-state index in [1.807, 2.05) is 12.4 Å². The van der Waals surface area contributed by atoms with Crippen molar-refractivity contribution in [1.82, 2.24) is 9.88 Å². The molecule has 3 nitrogen and oxygen atoms in total. The molecule has 0 amide bonds. The summed E-state index contributed by atoms with van der Waals surface area (Å²) in [7, 11) is 0. The van der Waals surface area contributed by atoms with Gasteiger partial charge in [-0.05, 0) is 49.2 Å². The van der Waals surface area contributed by atoms with E-state index >= 15 is 0 Å². The lowest BCUT2D eigenvalue weighted by Crippen LogP contribution is -2.37. The lowest BCUT2D eigenvalue weighted by atomic mass is 9.98. The second-order valence-electron chi connectivity index (χ2n) is 5.84. The molecule has 3 rings (SSSR count). The minimum Gasteiger partial charge on any atom is -0.490 e. The van der Waals surface area contributed by atoms with Crippen LogP contribution >= 0.6 is 0 Å². The van der Waals surface area contributed by atoms with Gasteiger partial charge in [-0.15, -0.1) is 0 Å². The molecule has 4 heteroatoms. The third-order valence-corrected chi connectivity index (χ3v) is 4.07. The molecule has 1 saturated heterocycles. The highest BCUT2D eigenvalue weighted by Crippen LogP contribution is 2.21. The first-order chi connectivity index (χ1) is 10.8. The van der Waals surface area contributed by atoms with Gasteiger partial charge in [-0.25, -0.2) is 4.39 Å². The quantitative estimate of drug-likeness (QED) is 0.845. The summed E-state index contributed by atoms with van der Waals surface area (Å²) in [4.78, 5) is 6.49. The van der Waals surface area contributed by atoms with E-state index in [1.165, 1.54) is 11.6 Å². The maximum atomic E-state index is 13.6. The number of pyridine rings is 1. The highest BCUT2D eigenvalue weighted by atomic mass is 19.1. The van der Waals surface area contributed by atoms with Gasteiger partial charge in [0.05, 0.1) is 6.61 Å². The van der Waals surface area contributed by atoms with Crippen LogP contribution < -0.4 is 4.74 Å². The molecular formula is C18H21FN2O. The van der Waals surface area contributed by atoms with Crippen LogP contribution in [0.4, 0.5) is 4.39 Å². The zero-order valence-electron chi connectivity index (χ0n) is 12.6. The summed E-state index contributed by atoms with van der Waals surface area (Å²) in [6, 6.07) is 10.7. The molecule has 1 fully saturated rings. The molecule has 22 heavy (non-hydrogen) atoms. The Bertz CT molecular complexity index is 591. The molecule has 116 valence electrons. The van der Waals surface area contributed by atoms with Crippen LogP contribution in [-0.2, 0) is 6.54 Å². The number of ether oxygens (including phenoxy) is 1. The summed E-state index contributed by atoms with van der Waals surface area (Å²) >= 11 is 0. The number of rotatable bonds is 5. The fourth-order valence-electron chi connectivity index (χ4n) is 2.95. The van der Waals surface area contributed by atoms with E-state index in [1.54, 1.807) is 18.2 Å². The third-order valence-electron chi connectivity index (χ3n) is 4.07. The van der Waals surface area contributed by atoms with Gasteiger partial charge >= 0.3 is 0 Å². The normalized spacial score (nSPS) is 19.0. The minimum absolute atomic E-state index is 0.285. The number of hydrogen-bond acceptors (Lipinski definition) is 3. The second-order valence-corrected chi connectivity index (χ2v) is 5.84. The summed E-state index contributed by atoms with van der Waals surface area (Å²) < 4.78 is 19.2. The summed E-state index contributed by atoms with van der Waals surface area (Å²) in [6.45, 7) is 3.63. The van der Waals surface area contributed by atoms with Crippen LogP contribution in [0.1, 0.15) is 18.4 Å². The van der Waals surface area contributed by atoms with Crippen molar-refractivity contribution in [2.45, 2.75) is 19.4 Å².